The molecule has 17 heavy (non-hydrogen) atoms. The van der Waals surface area contributed by atoms with Crippen LogP contribution in [0.5, 0.6) is 11.5 Å². The summed E-state index contributed by atoms with van der Waals surface area (Å²) in [5.74, 6) is 1.44. The van der Waals surface area contributed by atoms with Gasteiger partial charge in [-0.1, -0.05) is 6.92 Å². The topological polar surface area (TPSA) is 55.8 Å². The summed E-state index contributed by atoms with van der Waals surface area (Å²) < 4.78 is 9.76. The third-order valence-electron chi connectivity index (χ3n) is 2.36. The fraction of sp³-hybridized carbons (Fsp3) is 0.462. The van der Waals surface area contributed by atoms with Crippen molar-refractivity contribution in [3.05, 3.63) is 23.8 Å². The van der Waals surface area contributed by atoms with Gasteiger partial charge in [0.2, 0.25) is 0 Å². The van der Waals surface area contributed by atoms with Crippen LogP contribution in [0.4, 0.5) is 0 Å². The first kappa shape index (κ1) is 13.4. The molecule has 1 aromatic carbocycles. The number of rotatable bonds is 1. The van der Waals surface area contributed by atoms with Gasteiger partial charge in [0, 0.05) is 18.4 Å². The smallest absolute Gasteiger partial charge is 0.302 e. The zero-order valence-corrected chi connectivity index (χ0v) is 10.4. The van der Waals surface area contributed by atoms with E-state index in [0.717, 1.165) is 17.9 Å². The molecule has 94 valence electrons. The summed E-state index contributed by atoms with van der Waals surface area (Å²) in [6.45, 7) is 6.48. The summed E-state index contributed by atoms with van der Waals surface area (Å²) in [4.78, 5) is 9.82. The highest BCUT2D eigenvalue weighted by atomic mass is 16.5. The molecular weight excluding hydrogens is 220 g/mol. The minimum atomic E-state index is -0.211. The van der Waals surface area contributed by atoms with Crippen molar-refractivity contribution < 1.29 is 19.4 Å². The highest BCUT2D eigenvalue weighted by Gasteiger charge is 2.19. The van der Waals surface area contributed by atoms with E-state index < -0.39 is 0 Å². The van der Waals surface area contributed by atoms with E-state index >= 15 is 0 Å². The third kappa shape index (κ3) is 3.98. The number of fused-ring (bicyclic) bond motifs is 1. The minimum Gasteiger partial charge on any atom is -0.508 e. The maximum Gasteiger partial charge on any atom is 0.302 e. The normalized spacial score (nSPS) is 16.3. The Bertz CT molecular complexity index is 387. The van der Waals surface area contributed by atoms with E-state index in [0.29, 0.717) is 18.3 Å². The Morgan fingerprint density at radius 2 is 2.29 bits per heavy atom. The minimum absolute atomic E-state index is 0.211. The van der Waals surface area contributed by atoms with Gasteiger partial charge >= 0.3 is 5.97 Å². The van der Waals surface area contributed by atoms with Crippen molar-refractivity contribution in [2.45, 2.75) is 26.7 Å². The number of phenolic OH excluding ortho intramolecular Hbond substituents is 1. The maximum absolute atomic E-state index is 9.82. The first-order chi connectivity index (χ1) is 8.04. The molecule has 4 nitrogen and oxygen atoms in total. The van der Waals surface area contributed by atoms with Crippen molar-refractivity contribution in [3.8, 4) is 11.5 Å². The summed E-state index contributed by atoms with van der Waals surface area (Å²) >= 11 is 0. The van der Waals surface area contributed by atoms with Gasteiger partial charge in [-0.3, -0.25) is 4.79 Å². The SMILES string of the molecule is CC1COc2ccc(O)cc21.CCOC(C)=O. The lowest BCUT2D eigenvalue weighted by Gasteiger charge is -1.99. The van der Waals surface area contributed by atoms with E-state index in [1.165, 1.54) is 6.92 Å². The van der Waals surface area contributed by atoms with E-state index in [1.807, 2.05) is 6.07 Å². The van der Waals surface area contributed by atoms with Crippen LogP contribution >= 0.6 is 0 Å². The van der Waals surface area contributed by atoms with Crippen molar-refractivity contribution in [3.63, 3.8) is 0 Å². The van der Waals surface area contributed by atoms with Crippen LogP contribution < -0.4 is 4.74 Å². The summed E-state index contributed by atoms with van der Waals surface area (Å²) in [7, 11) is 0. The molecule has 1 N–H and O–H groups in total. The number of ether oxygens (including phenoxy) is 2. The number of hydrogen-bond donors (Lipinski definition) is 1. The summed E-state index contributed by atoms with van der Waals surface area (Å²) in [5, 5.41) is 9.16. The molecule has 0 aromatic heterocycles. The van der Waals surface area contributed by atoms with Crippen LogP contribution in [0.2, 0.25) is 0 Å². The third-order valence-corrected chi connectivity index (χ3v) is 2.36. The zero-order valence-electron chi connectivity index (χ0n) is 10.4. The van der Waals surface area contributed by atoms with Gasteiger partial charge in [-0.15, -0.1) is 0 Å². The Hall–Kier alpha value is -1.71. The molecule has 4 heteroatoms. The van der Waals surface area contributed by atoms with E-state index in [9.17, 15) is 4.79 Å². The van der Waals surface area contributed by atoms with Crippen molar-refractivity contribution in [2.75, 3.05) is 13.2 Å². The van der Waals surface area contributed by atoms with Crippen molar-refractivity contribution in [1.82, 2.24) is 0 Å². The van der Waals surface area contributed by atoms with E-state index in [2.05, 4.69) is 11.7 Å². The van der Waals surface area contributed by atoms with Gasteiger partial charge in [0.1, 0.15) is 11.5 Å². The Morgan fingerprint density at radius 3 is 2.82 bits per heavy atom. The molecular formula is C13H18O4. The van der Waals surface area contributed by atoms with Crippen LogP contribution in [-0.4, -0.2) is 24.3 Å². The average molecular weight is 238 g/mol. The number of carbonyl (C=O) groups is 1. The van der Waals surface area contributed by atoms with Crippen LogP contribution in [0.3, 0.4) is 0 Å². The predicted molar refractivity (Wildman–Crippen MR) is 64.3 cm³/mol. The van der Waals surface area contributed by atoms with Crippen molar-refractivity contribution >= 4 is 5.97 Å². The van der Waals surface area contributed by atoms with E-state index in [-0.39, 0.29) is 5.97 Å². The van der Waals surface area contributed by atoms with Gasteiger partial charge in [-0.25, -0.2) is 0 Å². The lowest BCUT2D eigenvalue weighted by Crippen LogP contribution is -1.95. The van der Waals surface area contributed by atoms with Crippen molar-refractivity contribution in [1.29, 1.82) is 0 Å². The molecule has 1 unspecified atom stereocenters. The Balaban J connectivity index is 0.000000209. The molecule has 0 spiro atoms. The van der Waals surface area contributed by atoms with Gasteiger partial charge in [0.05, 0.1) is 13.2 Å². The second-order valence-corrected chi connectivity index (χ2v) is 3.86. The quantitative estimate of drug-likeness (QED) is 0.763. The highest BCUT2D eigenvalue weighted by Crippen LogP contribution is 2.35. The molecule has 0 fully saturated rings. The summed E-state index contributed by atoms with van der Waals surface area (Å²) in [5.41, 5.74) is 1.12. The molecule has 2 rings (SSSR count). The molecule has 0 amide bonds. The van der Waals surface area contributed by atoms with Gasteiger partial charge in [-0.2, -0.15) is 0 Å². The van der Waals surface area contributed by atoms with Gasteiger partial charge in [0.25, 0.3) is 0 Å². The Kier molecular flexibility index (Phi) is 4.82. The monoisotopic (exact) mass is 238 g/mol. The van der Waals surface area contributed by atoms with Crippen LogP contribution in [0.1, 0.15) is 32.3 Å². The summed E-state index contributed by atoms with van der Waals surface area (Å²) in [6, 6.07) is 5.23. The lowest BCUT2D eigenvalue weighted by molar-refractivity contribution is -0.140. The van der Waals surface area contributed by atoms with Gasteiger partial charge < -0.3 is 14.6 Å². The second kappa shape index (κ2) is 6.13. The number of carbonyl (C=O) groups excluding carboxylic acids is 1. The molecule has 0 bridgehead atoms. The molecule has 0 saturated carbocycles. The van der Waals surface area contributed by atoms with E-state index in [4.69, 9.17) is 9.84 Å². The molecule has 1 aliphatic rings. The maximum atomic E-state index is 9.82. The van der Waals surface area contributed by atoms with Crippen LogP contribution in [0, 0.1) is 0 Å². The first-order valence-corrected chi connectivity index (χ1v) is 5.63. The van der Waals surface area contributed by atoms with Crippen molar-refractivity contribution in [2.24, 2.45) is 0 Å². The molecule has 0 aliphatic carbocycles. The zero-order chi connectivity index (χ0) is 12.8. The predicted octanol–water partition coefficient (Wildman–Crippen LogP) is 2.46. The van der Waals surface area contributed by atoms with Crippen LogP contribution in [0.25, 0.3) is 0 Å². The molecule has 1 heterocycles. The standard InChI is InChI=1S/C9H10O2.C4H8O2/c1-6-5-11-9-3-2-7(10)4-8(6)9;1-3-6-4(2)5/h2-4,6,10H,5H2,1H3;3H2,1-2H3. The number of benzene rings is 1. The number of hydrogen-bond acceptors (Lipinski definition) is 4. The van der Waals surface area contributed by atoms with E-state index in [1.54, 1.807) is 19.1 Å². The largest absolute Gasteiger partial charge is 0.508 e. The van der Waals surface area contributed by atoms with Gasteiger partial charge in [-0.05, 0) is 25.1 Å². The fourth-order valence-electron chi connectivity index (χ4n) is 1.56. The van der Waals surface area contributed by atoms with Gasteiger partial charge in [0.15, 0.2) is 0 Å². The first-order valence-electron chi connectivity index (χ1n) is 5.63. The number of aromatic hydroxyl groups is 1. The molecule has 1 aromatic rings. The molecule has 0 radical (unpaired) electrons. The Morgan fingerprint density at radius 1 is 1.59 bits per heavy atom. The average Bonchev–Trinajstić information content (AvgIpc) is 2.61. The lowest BCUT2D eigenvalue weighted by atomic mass is 10.0. The second-order valence-electron chi connectivity index (χ2n) is 3.86. The number of phenols is 1. The van der Waals surface area contributed by atoms with Crippen LogP contribution in [0.15, 0.2) is 18.2 Å². The number of esters is 1. The molecule has 1 aliphatic heterocycles. The summed E-state index contributed by atoms with van der Waals surface area (Å²) in [6.07, 6.45) is 0. The molecule has 0 saturated heterocycles. The molecule has 1 atom stereocenters. The Labute approximate surface area is 101 Å². The highest BCUT2D eigenvalue weighted by molar-refractivity contribution is 5.65. The fourth-order valence-corrected chi connectivity index (χ4v) is 1.56. The van der Waals surface area contributed by atoms with Crippen LogP contribution in [-0.2, 0) is 9.53 Å².